The van der Waals surface area contributed by atoms with Crippen LogP contribution >= 0.6 is 0 Å². The van der Waals surface area contributed by atoms with E-state index in [4.69, 9.17) is 0 Å². The highest BCUT2D eigenvalue weighted by atomic mass is 15.2. The molecule has 0 fully saturated rings. The van der Waals surface area contributed by atoms with E-state index in [1.54, 1.807) is 0 Å². The molecule has 0 amide bonds. The molecule has 29 heavy (non-hydrogen) atoms. The summed E-state index contributed by atoms with van der Waals surface area (Å²) in [6.45, 7) is 7.75. The van der Waals surface area contributed by atoms with E-state index in [2.05, 4.69) is 128 Å². The molecule has 2 heterocycles. The van der Waals surface area contributed by atoms with Gasteiger partial charge in [-0.05, 0) is 36.3 Å². The number of likely N-dealkylation sites (N-methyl/N-ethyl adjacent to an activating group) is 1. The van der Waals surface area contributed by atoms with Gasteiger partial charge in [-0.1, -0.05) is 68.5 Å². The molecule has 0 N–H and O–H groups in total. The Balaban J connectivity index is 1.58. The quantitative estimate of drug-likeness (QED) is 0.395. The number of para-hydroxylation sites is 2. The maximum absolute atomic E-state index is 2.30. The van der Waals surface area contributed by atoms with Crippen LogP contribution in [0.4, 0.5) is 5.69 Å². The molecule has 0 bridgehead atoms. The van der Waals surface area contributed by atoms with Gasteiger partial charge in [0.05, 0.1) is 5.39 Å². The van der Waals surface area contributed by atoms with E-state index in [1.807, 2.05) is 0 Å². The fraction of sp³-hybridized carbons (Fsp3) is 0.222. The highest BCUT2D eigenvalue weighted by Gasteiger charge is 2.37. The molecule has 0 spiro atoms. The molecule has 0 saturated heterocycles. The minimum Gasteiger partial charge on any atom is -0.347 e. The standard InChI is InChI=1S/C27H29N2/c1-5-29-20-19-21(22-14-9-11-16-24(22)29)13-7-6-8-18-26-27(2,3)23-15-10-12-17-25(23)28(26)4/h6-20H,5H2,1-4H3/q+1. The molecular weight excluding hydrogens is 352 g/mol. The van der Waals surface area contributed by atoms with Gasteiger partial charge in [0.2, 0.25) is 5.52 Å². The number of aryl methyl sites for hydroxylation is 1. The van der Waals surface area contributed by atoms with Crippen molar-refractivity contribution in [1.29, 1.82) is 0 Å². The second kappa shape index (κ2) is 7.71. The first-order valence-corrected chi connectivity index (χ1v) is 10.3. The van der Waals surface area contributed by atoms with E-state index >= 15 is 0 Å². The van der Waals surface area contributed by atoms with Crippen LogP contribution < -0.4 is 9.47 Å². The zero-order chi connectivity index (χ0) is 20.4. The van der Waals surface area contributed by atoms with Crippen molar-refractivity contribution in [3.8, 4) is 0 Å². The lowest BCUT2D eigenvalue weighted by Gasteiger charge is -2.23. The summed E-state index contributed by atoms with van der Waals surface area (Å²) in [6, 6.07) is 19.5. The van der Waals surface area contributed by atoms with Gasteiger partial charge < -0.3 is 4.90 Å². The third-order valence-corrected chi connectivity index (χ3v) is 5.99. The van der Waals surface area contributed by atoms with Crippen molar-refractivity contribution in [2.24, 2.45) is 0 Å². The maximum Gasteiger partial charge on any atom is 0.213 e. The predicted octanol–water partition coefficient (Wildman–Crippen LogP) is 6.03. The number of aromatic nitrogens is 1. The van der Waals surface area contributed by atoms with E-state index in [0.717, 1.165) is 6.54 Å². The molecule has 2 heteroatoms. The number of rotatable bonds is 4. The van der Waals surface area contributed by atoms with E-state index in [9.17, 15) is 0 Å². The Hall–Kier alpha value is -3.13. The van der Waals surface area contributed by atoms with Crippen LogP contribution in [-0.4, -0.2) is 7.05 Å². The summed E-state index contributed by atoms with van der Waals surface area (Å²) in [6.07, 6.45) is 13.0. The third-order valence-electron chi connectivity index (χ3n) is 5.99. The lowest BCUT2D eigenvalue weighted by atomic mass is 9.84. The lowest BCUT2D eigenvalue weighted by Crippen LogP contribution is -2.32. The summed E-state index contributed by atoms with van der Waals surface area (Å²) in [5.41, 5.74) is 6.54. The normalized spacial score (nSPS) is 17.1. The average molecular weight is 382 g/mol. The van der Waals surface area contributed by atoms with Crippen LogP contribution in [0.1, 0.15) is 31.9 Å². The second-order valence-corrected chi connectivity index (χ2v) is 8.07. The number of benzene rings is 2. The van der Waals surface area contributed by atoms with Crippen LogP contribution in [-0.2, 0) is 12.0 Å². The predicted molar refractivity (Wildman–Crippen MR) is 124 cm³/mol. The van der Waals surface area contributed by atoms with Crippen molar-refractivity contribution in [1.82, 2.24) is 0 Å². The molecule has 1 aliphatic rings. The Morgan fingerprint density at radius 1 is 0.931 bits per heavy atom. The van der Waals surface area contributed by atoms with E-state index in [1.165, 1.54) is 33.4 Å². The van der Waals surface area contributed by atoms with Crippen molar-refractivity contribution in [2.45, 2.75) is 32.7 Å². The fourth-order valence-electron chi connectivity index (χ4n) is 4.40. The number of allylic oxidation sites excluding steroid dienone is 5. The van der Waals surface area contributed by atoms with Crippen molar-refractivity contribution in [3.05, 3.63) is 102 Å². The number of hydrogen-bond acceptors (Lipinski definition) is 1. The molecule has 0 unspecified atom stereocenters. The third kappa shape index (κ3) is 3.40. The molecule has 0 atom stereocenters. The molecule has 4 rings (SSSR count). The highest BCUT2D eigenvalue weighted by Crippen LogP contribution is 2.46. The van der Waals surface area contributed by atoms with Gasteiger partial charge in [-0.25, -0.2) is 0 Å². The first-order chi connectivity index (χ1) is 14.0. The van der Waals surface area contributed by atoms with Gasteiger partial charge in [-0.15, -0.1) is 0 Å². The topological polar surface area (TPSA) is 7.12 Å². The zero-order valence-electron chi connectivity index (χ0n) is 17.8. The molecule has 1 aromatic heterocycles. The first-order valence-electron chi connectivity index (χ1n) is 10.3. The summed E-state index contributed by atoms with van der Waals surface area (Å²) in [4.78, 5) is 2.30. The molecule has 146 valence electrons. The van der Waals surface area contributed by atoms with Crippen LogP contribution in [0, 0.1) is 0 Å². The lowest BCUT2D eigenvalue weighted by molar-refractivity contribution is -0.667. The van der Waals surface area contributed by atoms with Crippen LogP contribution in [0.2, 0.25) is 0 Å². The number of anilines is 1. The molecular formula is C27H29N2+. The minimum absolute atomic E-state index is 0.0167. The van der Waals surface area contributed by atoms with Crippen LogP contribution in [0.25, 0.3) is 17.0 Å². The largest absolute Gasteiger partial charge is 0.347 e. The Morgan fingerprint density at radius 3 is 2.48 bits per heavy atom. The average Bonchev–Trinajstić information content (AvgIpc) is 2.94. The van der Waals surface area contributed by atoms with Crippen LogP contribution in [0.5, 0.6) is 0 Å². The highest BCUT2D eigenvalue weighted by molar-refractivity contribution is 5.85. The Morgan fingerprint density at radius 2 is 1.69 bits per heavy atom. The minimum atomic E-state index is 0.0167. The first kappa shape index (κ1) is 19.2. The van der Waals surface area contributed by atoms with Gasteiger partial charge in [0.25, 0.3) is 0 Å². The molecule has 2 aromatic carbocycles. The molecule has 0 saturated carbocycles. The summed E-state index contributed by atoms with van der Waals surface area (Å²) in [7, 11) is 2.15. The van der Waals surface area contributed by atoms with Gasteiger partial charge >= 0.3 is 0 Å². The van der Waals surface area contributed by atoms with Gasteiger partial charge in [0.15, 0.2) is 6.20 Å². The summed E-state index contributed by atoms with van der Waals surface area (Å²) >= 11 is 0. The number of fused-ring (bicyclic) bond motifs is 2. The second-order valence-electron chi connectivity index (χ2n) is 8.07. The molecule has 1 aliphatic heterocycles. The Bertz CT molecular complexity index is 1130. The van der Waals surface area contributed by atoms with E-state index < -0.39 is 0 Å². The number of nitrogens with zero attached hydrogens (tertiary/aromatic N) is 2. The van der Waals surface area contributed by atoms with Gasteiger partial charge in [0, 0.05) is 36.0 Å². The zero-order valence-corrected chi connectivity index (χ0v) is 17.8. The summed E-state index contributed by atoms with van der Waals surface area (Å²) in [5.74, 6) is 0. The van der Waals surface area contributed by atoms with Crippen LogP contribution in [0.3, 0.4) is 0 Å². The number of hydrogen-bond donors (Lipinski definition) is 0. The Kier molecular flexibility index (Phi) is 5.10. The van der Waals surface area contributed by atoms with Crippen molar-refractivity contribution < 1.29 is 4.57 Å². The van der Waals surface area contributed by atoms with Gasteiger partial charge in [0.1, 0.15) is 6.54 Å². The molecule has 3 aromatic rings. The molecule has 0 radical (unpaired) electrons. The summed E-state index contributed by atoms with van der Waals surface area (Å²) < 4.78 is 2.28. The SMILES string of the molecule is CC[n+]1ccc(\C=C/C=C/C=C2/N(C)c3ccccc3C2(C)C)c2ccccc21. The van der Waals surface area contributed by atoms with E-state index in [0.29, 0.717) is 0 Å². The monoisotopic (exact) mass is 381 g/mol. The van der Waals surface area contributed by atoms with Gasteiger partial charge in [-0.3, -0.25) is 0 Å². The van der Waals surface area contributed by atoms with Crippen molar-refractivity contribution in [2.75, 3.05) is 11.9 Å². The van der Waals surface area contributed by atoms with Crippen LogP contribution in [0.15, 0.2) is 90.8 Å². The smallest absolute Gasteiger partial charge is 0.213 e. The maximum atomic E-state index is 2.30. The molecule has 0 aliphatic carbocycles. The summed E-state index contributed by atoms with van der Waals surface area (Å²) in [5, 5.41) is 1.28. The van der Waals surface area contributed by atoms with Gasteiger partial charge in [-0.2, -0.15) is 4.57 Å². The van der Waals surface area contributed by atoms with E-state index in [-0.39, 0.29) is 5.41 Å². The van der Waals surface area contributed by atoms with Crippen molar-refractivity contribution >= 4 is 22.7 Å². The Labute approximate surface area is 174 Å². The number of pyridine rings is 1. The van der Waals surface area contributed by atoms with Crippen molar-refractivity contribution in [3.63, 3.8) is 0 Å². The molecule has 2 nitrogen and oxygen atoms in total. The fourth-order valence-corrected chi connectivity index (χ4v) is 4.40.